The summed E-state index contributed by atoms with van der Waals surface area (Å²) in [6, 6.07) is 7.05. The van der Waals surface area contributed by atoms with Crippen LogP contribution in [0.1, 0.15) is 38.5 Å². The maximum atomic E-state index is 12.1. The van der Waals surface area contributed by atoms with Crippen molar-refractivity contribution in [2.45, 2.75) is 44.1 Å². The van der Waals surface area contributed by atoms with Gasteiger partial charge in [0.1, 0.15) is 5.75 Å². The van der Waals surface area contributed by atoms with Crippen molar-refractivity contribution >= 4 is 17.6 Å². The molecule has 6 nitrogen and oxygen atoms in total. The molecule has 126 valence electrons. The van der Waals surface area contributed by atoms with E-state index in [1.807, 2.05) is 0 Å². The SMILES string of the molecule is COC1(CC(=O)Nc2ccc(OCCCC(=O)O)cc2)CCC1. The zero-order valence-corrected chi connectivity index (χ0v) is 13.3. The highest BCUT2D eigenvalue weighted by atomic mass is 16.5. The molecule has 0 spiro atoms. The van der Waals surface area contributed by atoms with Crippen molar-refractivity contribution in [3.8, 4) is 5.75 Å². The Kier molecular flexibility index (Phi) is 5.98. The molecule has 1 aromatic rings. The second kappa shape index (κ2) is 7.97. The topological polar surface area (TPSA) is 84.9 Å². The van der Waals surface area contributed by atoms with E-state index in [0.717, 1.165) is 19.3 Å². The van der Waals surface area contributed by atoms with Crippen LogP contribution < -0.4 is 10.1 Å². The molecule has 23 heavy (non-hydrogen) atoms. The maximum absolute atomic E-state index is 12.1. The number of carboxylic acids is 1. The normalized spacial score (nSPS) is 15.5. The molecule has 0 heterocycles. The molecule has 1 aromatic carbocycles. The first-order valence-electron chi connectivity index (χ1n) is 7.83. The molecule has 1 amide bonds. The molecule has 0 atom stereocenters. The van der Waals surface area contributed by atoms with E-state index in [-0.39, 0.29) is 17.9 Å². The highest BCUT2D eigenvalue weighted by Crippen LogP contribution is 2.38. The van der Waals surface area contributed by atoms with Crippen molar-refractivity contribution in [1.29, 1.82) is 0 Å². The van der Waals surface area contributed by atoms with Gasteiger partial charge >= 0.3 is 5.97 Å². The maximum Gasteiger partial charge on any atom is 0.303 e. The fraction of sp³-hybridized carbons (Fsp3) is 0.529. The molecule has 0 aromatic heterocycles. The van der Waals surface area contributed by atoms with Crippen LogP contribution in [0.15, 0.2) is 24.3 Å². The fourth-order valence-electron chi connectivity index (χ4n) is 2.57. The lowest BCUT2D eigenvalue weighted by Crippen LogP contribution is -2.42. The van der Waals surface area contributed by atoms with Gasteiger partial charge in [0.2, 0.25) is 5.91 Å². The Bertz CT molecular complexity index is 531. The highest BCUT2D eigenvalue weighted by molar-refractivity contribution is 5.91. The van der Waals surface area contributed by atoms with Crippen LogP contribution in [0.4, 0.5) is 5.69 Å². The third-order valence-electron chi connectivity index (χ3n) is 4.12. The summed E-state index contributed by atoms with van der Waals surface area (Å²) < 4.78 is 10.9. The lowest BCUT2D eigenvalue weighted by atomic mass is 9.77. The predicted octanol–water partition coefficient (Wildman–Crippen LogP) is 2.83. The number of carbonyl (C=O) groups excluding carboxylic acids is 1. The molecule has 1 fully saturated rings. The van der Waals surface area contributed by atoms with Crippen molar-refractivity contribution in [2.75, 3.05) is 19.0 Å². The van der Waals surface area contributed by atoms with Crippen LogP contribution in [0.25, 0.3) is 0 Å². The Morgan fingerprint density at radius 3 is 2.48 bits per heavy atom. The Morgan fingerprint density at radius 1 is 1.26 bits per heavy atom. The number of rotatable bonds is 9. The van der Waals surface area contributed by atoms with Gasteiger partial charge in [0.15, 0.2) is 0 Å². The van der Waals surface area contributed by atoms with E-state index in [4.69, 9.17) is 14.6 Å². The number of nitrogens with one attached hydrogen (secondary N) is 1. The average molecular weight is 321 g/mol. The van der Waals surface area contributed by atoms with Crippen LogP contribution >= 0.6 is 0 Å². The minimum Gasteiger partial charge on any atom is -0.494 e. The summed E-state index contributed by atoms with van der Waals surface area (Å²) in [6.45, 7) is 0.356. The van der Waals surface area contributed by atoms with Crippen molar-refractivity contribution in [3.05, 3.63) is 24.3 Å². The molecule has 1 aliphatic carbocycles. The number of benzene rings is 1. The molecule has 6 heteroatoms. The number of hydrogen-bond donors (Lipinski definition) is 2. The van der Waals surface area contributed by atoms with Crippen LogP contribution in [-0.4, -0.2) is 36.3 Å². The molecule has 0 bridgehead atoms. The molecule has 0 unspecified atom stereocenters. The largest absolute Gasteiger partial charge is 0.494 e. The van der Waals surface area contributed by atoms with Crippen LogP contribution in [-0.2, 0) is 14.3 Å². The predicted molar refractivity (Wildman–Crippen MR) is 85.6 cm³/mol. The summed E-state index contributed by atoms with van der Waals surface area (Å²) >= 11 is 0. The van der Waals surface area contributed by atoms with Crippen LogP contribution in [0, 0.1) is 0 Å². The zero-order chi connectivity index (χ0) is 16.7. The number of hydrogen-bond acceptors (Lipinski definition) is 4. The van der Waals surface area contributed by atoms with Crippen LogP contribution in [0.2, 0.25) is 0 Å². The highest BCUT2D eigenvalue weighted by Gasteiger charge is 2.38. The quantitative estimate of drug-likeness (QED) is 0.683. The molecular weight excluding hydrogens is 298 g/mol. The second-order valence-electron chi connectivity index (χ2n) is 5.84. The number of amides is 1. The van der Waals surface area contributed by atoms with Crippen molar-refractivity contribution < 1.29 is 24.2 Å². The van der Waals surface area contributed by atoms with Gasteiger partial charge in [-0.2, -0.15) is 0 Å². The van der Waals surface area contributed by atoms with Gasteiger partial charge in [-0.15, -0.1) is 0 Å². The first kappa shape index (κ1) is 17.3. The Labute approximate surface area is 135 Å². The summed E-state index contributed by atoms with van der Waals surface area (Å²) in [6.07, 6.45) is 3.90. The summed E-state index contributed by atoms with van der Waals surface area (Å²) in [5.41, 5.74) is 0.426. The first-order chi connectivity index (χ1) is 11.0. The van der Waals surface area contributed by atoms with Crippen LogP contribution in [0.3, 0.4) is 0 Å². The number of carboxylic acid groups (broad SMARTS) is 1. The van der Waals surface area contributed by atoms with Crippen molar-refractivity contribution in [1.82, 2.24) is 0 Å². The number of methoxy groups -OCH3 is 1. The van der Waals surface area contributed by atoms with Gasteiger partial charge in [0, 0.05) is 19.2 Å². The molecule has 2 N–H and O–H groups in total. The number of aliphatic carboxylic acids is 1. The molecule has 0 aliphatic heterocycles. The monoisotopic (exact) mass is 321 g/mol. The Morgan fingerprint density at radius 2 is 1.96 bits per heavy atom. The third-order valence-corrected chi connectivity index (χ3v) is 4.12. The van der Waals surface area contributed by atoms with Crippen molar-refractivity contribution in [2.24, 2.45) is 0 Å². The summed E-state index contributed by atoms with van der Waals surface area (Å²) in [5.74, 6) is -0.227. The van der Waals surface area contributed by atoms with E-state index in [2.05, 4.69) is 5.32 Å². The second-order valence-corrected chi connectivity index (χ2v) is 5.84. The van der Waals surface area contributed by atoms with Gasteiger partial charge in [-0.3, -0.25) is 9.59 Å². The molecule has 0 saturated heterocycles. The number of anilines is 1. The standard InChI is InChI=1S/C17H23NO5/c1-22-17(9-3-10-17)12-15(19)18-13-5-7-14(8-6-13)23-11-2-4-16(20)21/h5-8H,2-4,9-12H2,1H3,(H,18,19)(H,20,21). The molecular formula is C17H23NO5. The fourth-order valence-corrected chi connectivity index (χ4v) is 2.57. The van der Waals surface area contributed by atoms with Gasteiger partial charge in [0.25, 0.3) is 0 Å². The average Bonchev–Trinajstić information content (AvgIpc) is 2.49. The molecule has 1 aliphatic rings. The lowest BCUT2D eigenvalue weighted by molar-refractivity contribution is -0.137. The minimum atomic E-state index is -0.827. The van der Waals surface area contributed by atoms with Gasteiger partial charge in [0.05, 0.1) is 18.6 Å². The van der Waals surface area contributed by atoms with E-state index in [0.29, 0.717) is 30.9 Å². The molecule has 1 saturated carbocycles. The summed E-state index contributed by atoms with van der Waals surface area (Å²) in [5, 5.41) is 11.4. The smallest absolute Gasteiger partial charge is 0.303 e. The summed E-state index contributed by atoms with van der Waals surface area (Å²) in [4.78, 5) is 22.5. The van der Waals surface area contributed by atoms with E-state index < -0.39 is 5.97 Å². The van der Waals surface area contributed by atoms with Gasteiger partial charge < -0.3 is 19.9 Å². The van der Waals surface area contributed by atoms with Crippen LogP contribution in [0.5, 0.6) is 5.75 Å². The Balaban J connectivity index is 1.76. The lowest BCUT2D eigenvalue weighted by Gasteiger charge is -2.39. The van der Waals surface area contributed by atoms with Gasteiger partial charge in [-0.05, 0) is 49.9 Å². The van der Waals surface area contributed by atoms with E-state index in [9.17, 15) is 9.59 Å². The zero-order valence-electron chi connectivity index (χ0n) is 13.3. The first-order valence-corrected chi connectivity index (χ1v) is 7.83. The van der Waals surface area contributed by atoms with E-state index in [1.165, 1.54) is 0 Å². The number of ether oxygens (including phenoxy) is 2. The molecule has 2 rings (SSSR count). The van der Waals surface area contributed by atoms with Gasteiger partial charge in [-0.25, -0.2) is 0 Å². The third kappa shape index (κ3) is 5.25. The number of carbonyl (C=O) groups is 2. The Hall–Kier alpha value is -2.08. The summed E-state index contributed by atoms with van der Waals surface area (Å²) in [7, 11) is 1.66. The minimum absolute atomic E-state index is 0.0540. The van der Waals surface area contributed by atoms with E-state index in [1.54, 1.807) is 31.4 Å². The molecule has 0 radical (unpaired) electrons. The van der Waals surface area contributed by atoms with E-state index >= 15 is 0 Å². The van der Waals surface area contributed by atoms with Gasteiger partial charge in [-0.1, -0.05) is 0 Å². The van der Waals surface area contributed by atoms with Crippen molar-refractivity contribution in [3.63, 3.8) is 0 Å².